The summed E-state index contributed by atoms with van der Waals surface area (Å²) in [6.45, 7) is 4.33. The number of hydrogen-bond donors (Lipinski definition) is 0. The summed E-state index contributed by atoms with van der Waals surface area (Å²) >= 11 is 0. The van der Waals surface area contributed by atoms with Crippen molar-refractivity contribution in [3.63, 3.8) is 0 Å². The van der Waals surface area contributed by atoms with Crippen LogP contribution in [0.25, 0.3) is 0 Å². The number of hydrogen-bond acceptors (Lipinski definition) is 6. The van der Waals surface area contributed by atoms with Crippen LogP contribution in [0, 0.1) is 49.4 Å². The van der Waals surface area contributed by atoms with Crippen molar-refractivity contribution >= 4 is 0 Å². The molecule has 0 saturated heterocycles. The third-order valence-corrected chi connectivity index (χ3v) is 0.996. The van der Waals surface area contributed by atoms with Crippen molar-refractivity contribution in [2.45, 2.75) is 39.6 Å². The molecule has 0 aromatic carbocycles. The first-order valence-corrected chi connectivity index (χ1v) is 4.37. The fourth-order valence-electron chi connectivity index (χ4n) is 0. The van der Waals surface area contributed by atoms with E-state index in [1.165, 1.54) is 42.1 Å². The van der Waals surface area contributed by atoms with Gasteiger partial charge in [-0.1, -0.05) is 20.8 Å². The van der Waals surface area contributed by atoms with Gasteiger partial charge in [-0.2, -0.15) is 0 Å². The van der Waals surface area contributed by atoms with E-state index in [1.54, 1.807) is 0 Å². The predicted molar refractivity (Wildman–Crippen MR) is 49.4 cm³/mol. The van der Waals surface area contributed by atoms with Gasteiger partial charge in [0, 0.05) is 21.3 Å². The van der Waals surface area contributed by atoms with Gasteiger partial charge in [0.25, 0.3) is 0 Å². The van der Waals surface area contributed by atoms with E-state index < -0.39 is 18.9 Å². The summed E-state index contributed by atoms with van der Waals surface area (Å²) in [5.41, 5.74) is 0. The van der Waals surface area contributed by atoms with Crippen molar-refractivity contribution in [2.24, 2.45) is 0 Å². The van der Waals surface area contributed by atoms with Crippen LogP contribution in [0.1, 0.15) is 20.8 Å². The molecule has 0 aromatic heterocycles. The van der Waals surface area contributed by atoms with Gasteiger partial charge in [0.2, 0.25) is 0 Å². The van der Waals surface area contributed by atoms with Gasteiger partial charge >= 0.3 is 49.4 Å². The SMILES string of the molecule is COC(C)[O-].COC(C)[O-].COC(C)[O-].[Eu+3]. The molecule has 3 unspecified atom stereocenters. The number of methoxy groups -OCH3 is 3. The molecule has 7 heteroatoms. The molecular formula is C9H21EuO6. The molecule has 0 rings (SSSR count). The largest absolute Gasteiger partial charge is 3.00 e. The van der Waals surface area contributed by atoms with Crippen molar-refractivity contribution in [2.75, 3.05) is 21.3 Å². The van der Waals surface area contributed by atoms with Crippen molar-refractivity contribution in [3.05, 3.63) is 0 Å². The van der Waals surface area contributed by atoms with Crippen LogP contribution >= 0.6 is 0 Å². The zero-order valence-corrected chi connectivity index (χ0v) is 13.0. The summed E-state index contributed by atoms with van der Waals surface area (Å²) in [5, 5.41) is 29.0. The summed E-state index contributed by atoms with van der Waals surface area (Å²) in [6.07, 6.45) is -2.60. The smallest absolute Gasteiger partial charge is 0.831 e. The van der Waals surface area contributed by atoms with Gasteiger partial charge in [0.15, 0.2) is 0 Å². The molecule has 0 N–H and O–H groups in total. The van der Waals surface area contributed by atoms with E-state index >= 15 is 0 Å². The van der Waals surface area contributed by atoms with Crippen LogP contribution in [0.3, 0.4) is 0 Å². The summed E-state index contributed by atoms with van der Waals surface area (Å²) < 4.78 is 12.6. The Kier molecular flexibility index (Phi) is 35.1. The Labute approximate surface area is 138 Å². The normalized spacial score (nSPS) is 14.1. The van der Waals surface area contributed by atoms with E-state index in [4.69, 9.17) is 0 Å². The predicted octanol–water partition coefficient (Wildman–Crippen LogP) is -1.98. The van der Waals surface area contributed by atoms with Gasteiger partial charge in [0.1, 0.15) is 0 Å². The van der Waals surface area contributed by atoms with Gasteiger partial charge in [-0.25, -0.2) is 0 Å². The summed E-state index contributed by atoms with van der Waals surface area (Å²) in [7, 11) is 4.16. The van der Waals surface area contributed by atoms with E-state index in [0.29, 0.717) is 0 Å². The Morgan fingerprint density at radius 3 is 0.688 bits per heavy atom. The van der Waals surface area contributed by atoms with Crippen LogP contribution in [-0.2, 0) is 14.2 Å². The maximum atomic E-state index is 9.67. The molecule has 3 atom stereocenters. The van der Waals surface area contributed by atoms with Gasteiger partial charge in [0.05, 0.1) is 0 Å². The molecule has 0 saturated carbocycles. The molecular weight excluding hydrogens is 356 g/mol. The summed E-state index contributed by atoms with van der Waals surface area (Å²) in [4.78, 5) is 0. The van der Waals surface area contributed by atoms with Gasteiger partial charge in [-0.3, -0.25) is 0 Å². The van der Waals surface area contributed by atoms with Crippen LogP contribution in [0.5, 0.6) is 0 Å². The van der Waals surface area contributed by atoms with Crippen LogP contribution in [0.15, 0.2) is 0 Å². The van der Waals surface area contributed by atoms with E-state index in [0.717, 1.165) is 0 Å². The fraction of sp³-hybridized carbons (Fsp3) is 1.00. The van der Waals surface area contributed by atoms with Crippen LogP contribution in [-0.4, -0.2) is 40.2 Å². The number of rotatable bonds is 3. The molecule has 0 spiro atoms. The summed E-state index contributed by atoms with van der Waals surface area (Å²) in [5.74, 6) is 0. The molecule has 0 amide bonds. The second-order valence-corrected chi connectivity index (χ2v) is 2.41. The average molecular weight is 377 g/mol. The molecule has 16 heavy (non-hydrogen) atoms. The molecule has 0 radical (unpaired) electrons. The topological polar surface area (TPSA) is 96.9 Å². The van der Waals surface area contributed by atoms with Crippen molar-refractivity contribution in [3.8, 4) is 0 Å². The maximum Gasteiger partial charge on any atom is 3.00 e. The Morgan fingerprint density at radius 1 is 0.625 bits per heavy atom. The first kappa shape index (κ1) is 26.0. The maximum absolute atomic E-state index is 9.67. The minimum absolute atomic E-state index is 0. The molecule has 0 aliphatic rings. The third kappa shape index (κ3) is 58.5. The second kappa shape index (κ2) is 21.6. The van der Waals surface area contributed by atoms with Crippen molar-refractivity contribution in [1.82, 2.24) is 0 Å². The molecule has 0 aromatic rings. The molecule has 0 aliphatic carbocycles. The van der Waals surface area contributed by atoms with Crippen LogP contribution in [0.2, 0.25) is 0 Å². The molecule has 0 fully saturated rings. The Bertz CT molecular complexity index is 81.0. The quantitative estimate of drug-likeness (QED) is 0.529. The Hall–Kier alpha value is 1.34. The van der Waals surface area contributed by atoms with Crippen LogP contribution < -0.4 is 15.3 Å². The van der Waals surface area contributed by atoms with Crippen molar-refractivity contribution < 1.29 is 78.9 Å². The van der Waals surface area contributed by atoms with E-state index in [2.05, 4.69) is 14.2 Å². The second-order valence-electron chi connectivity index (χ2n) is 2.41. The summed E-state index contributed by atoms with van der Waals surface area (Å²) in [6, 6.07) is 0. The molecule has 0 bridgehead atoms. The first-order chi connectivity index (χ1) is 6.81. The molecule has 0 aliphatic heterocycles. The van der Waals surface area contributed by atoms with E-state index in [-0.39, 0.29) is 49.4 Å². The monoisotopic (exact) mass is 378 g/mol. The number of ether oxygens (including phenoxy) is 3. The zero-order valence-electron chi connectivity index (χ0n) is 10.6. The van der Waals surface area contributed by atoms with Gasteiger partial charge < -0.3 is 29.5 Å². The molecule has 6 nitrogen and oxygen atoms in total. The van der Waals surface area contributed by atoms with E-state index in [1.807, 2.05) is 0 Å². The Balaban J connectivity index is -0.0000000655. The average Bonchev–Trinajstić information content (AvgIpc) is 2.19. The van der Waals surface area contributed by atoms with Crippen LogP contribution in [0.4, 0.5) is 0 Å². The van der Waals surface area contributed by atoms with E-state index in [9.17, 15) is 15.3 Å². The fourth-order valence-corrected chi connectivity index (χ4v) is 0. The van der Waals surface area contributed by atoms with Gasteiger partial charge in [-0.15, -0.1) is 0 Å². The Morgan fingerprint density at radius 2 is 0.688 bits per heavy atom. The first-order valence-electron chi connectivity index (χ1n) is 4.37. The zero-order chi connectivity index (χ0) is 12.9. The molecule has 0 heterocycles. The van der Waals surface area contributed by atoms with Gasteiger partial charge in [-0.05, 0) is 18.9 Å². The third-order valence-electron chi connectivity index (χ3n) is 0.996. The standard InChI is InChI=1S/3C3H7O2.Eu/c3*1-3(4)5-2;/h3*3H,1-2H3;/q3*-1;+3. The van der Waals surface area contributed by atoms with Crippen molar-refractivity contribution in [1.29, 1.82) is 0 Å². The molecule has 100 valence electrons. The minimum Gasteiger partial charge on any atom is -0.831 e. The minimum atomic E-state index is -0.866.